The van der Waals surface area contributed by atoms with Crippen molar-refractivity contribution >= 4 is 5.97 Å². The number of aliphatic hydroxyl groups is 1. The summed E-state index contributed by atoms with van der Waals surface area (Å²) in [7, 11) is 5.19. The van der Waals surface area contributed by atoms with Crippen molar-refractivity contribution in [3.63, 3.8) is 0 Å². The van der Waals surface area contributed by atoms with Gasteiger partial charge in [-0.05, 0) is 32.6 Å². The lowest BCUT2D eigenvalue weighted by Gasteiger charge is -2.27. The Hall–Kier alpha value is -1.37. The van der Waals surface area contributed by atoms with E-state index < -0.39 is 5.60 Å². The fraction of sp³-hybridized carbons (Fsp3) is 0.615. The minimum absolute atomic E-state index is 0.383. The summed E-state index contributed by atoms with van der Waals surface area (Å²) in [6.07, 6.45) is 1.75. The van der Waals surface area contributed by atoms with Crippen LogP contribution in [0.15, 0.2) is 12.3 Å². The predicted molar refractivity (Wildman–Crippen MR) is 73.0 cm³/mol. The van der Waals surface area contributed by atoms with Gasteiger partial charge in [-0.3, -0.25) is 0 Å². The monoisotopic (exact) mass is 269 g/mol. The highest BCUT2D eigenvalue weighted by Gasteiger charge is 2.20. The molecule has 1 aromatic heterocycles. The zero-order chi connectivity index (χ0) is 14.5. The SMILES string of the molecule is COC(=O)c1cc(CNCC(C)(O)CN(C)C)c[nH]1. The fourth-order valence-electron chi connectivity index (χ4n) is 1.98. The summed E-state index contributed by atoms with van der Waals surface area (Å²) in [5.41, 5.74) is 0.589. The zero-order valence-electron chi connectivity index (χ0n) is 12.0. The fourth-order valence-corrected chi connectivity index (χ4v) is 1.98. The van der Waals surface area contributed by atoms with Crippen LogP contribution >= 0.6 is 0 Å². The number of rotatable bonds is 7. The Kier molecular flexibility index (Phi) is 5.53. The quantitative estimate of drug-likeness (QED) is 0.617. The van der Waals surface area contributed by atoms with Gasteiger partial charge >= 0.3 is 5.97 Å². The van der Waals surface area contributed by atoms with E-state index in [4.69, 9.17) is 0 Å². The van der Waals surface area contributed by atoms with Gasteiger partial charge in [0.05, 0.1) is 12.7 Å². The molecule has 0 bridgehead atoms. The van der Waals surface area contributed by atoms with Gasteiger partial charge in [0.25, 0.3) is 0 Å². The van der Waals surface area contributed by atoms with Crippen LogP contribution < -0.4 is 5.32 Å². The van der Waals surface area contributed by atoms with Gasteiger partial charge < -0.3 is 25.0 Å². The van der Waals surface area contributed by atoms with Crippen LogP contribution in [0.1, 0.15) is 23.0 Å². The number of carbonyl (C=O) groups excluding carboxylic acids is 1. The van der Waals surface area contributed by atoms with E-state index in [1.54, 1.807) is 19.2 Å². The normalized spacial score (nSPS) is 14.4. The van der Waals surface area contributed by atoms with Crippen LogP contribution in [0.3, 0.4) is 0 Å². The van der Waals surface area contributed by atoms with E-state index in [2.05, 4.69) is 15.0 Å². The first kappa shape index (κ1) is 15.7. The Bertz CT molecular complexity index is 413. The van der Waals surface area contributed by atoms with Gasteiger partial charge in [0.1, 0.15) is 5.69 Å². The standard InChI is InChI=1S/C13H23N3O3/c1-13(18,9-16(2)3)8-14-6-10-5-11(15-7-10)12(17)19-4/h5,7,14-15,18H,6,8-9H2,1-4H3. The van der Waals surface area contributed by atoms with Crippen molar-refractivity contribution in [3.05, 3.63) is 23.5 Å². The summed E-state index contributed by atoms with van der Waals surface area (Å²) >= 11 is 0. The van der Waals surface area contributed by atoms with Crippen molar-refractivity contribution in [2.75, 3.05) is 34.3 Å². The van der Waals surface area contributed by atoms with Crippen LogP contribution in [0.25, 0.3) is 0 Å². The molecule has 0 aliphatic heterocycles. The molecule has 6 nitrogen and oxygen atoms in total. The Morgan fingerprint density at radius 3 is 2.84 bits per heavy atom. The molecular formula is C13H23N3O3. The number of likely N-dealkylation sites (N-methyl/N-ethyl adjacent to an activating group) is 1. The van der Waals surface area contributed by atoms with Gasteiger partial charge in [0, 0.05) is 25.8 Å². The predicted octanol–water partition coefficient (Wildman–Crippen LogP) is 0.204. The Balaban J connectivity index is 2.41. The molecule has 108 valence electrons. The van der Waals surface area contributed by atoms with Crippen LogP contribution in [0.2, 0.25) is 0 Å². The van der Waals surface area contributed by atoms with Gasteiger partial charge in [0.15, 0.2) is 0 Å². The van der Waals surface area contributed by atoms with Gasteiger partial charge in [-0.2, -0.15) is 0 Å². The minimum Gasteiger partial charge on any atom is -0.464 e. The molecule has 1 aromatic rings. The van der Waals surface area contributed by atoms with E-state index in [1.807, 2.05) is 19.0 Å². The van der Waals surface area contributed by atoms with E-state index in [0.29, 0.717) is 25.3 Å². The summed E-state index contributed by atoms with van der Waals surface area (Å²) in [6, 6.07) is 1.74. The lowest BCUT2D eigenvalue weighted by atomic mass is 10.1. The number of hydrogen-bond donors (Lipinski definition) is 3. The number of methoxy groups -OCH3 is 1. The van der Waals surface area contributed by atoms with Crippen molar-refractivity contribution in [3.8, 4) is 0 Å². The maximum absolute atomic E-state index is 11.3. The second kappa shape index (κ2) is 6.70. The smallest absolute Gasteiger partial charge is 0.354 e. The molecule has 0 aliphatic rings. The molecule has 0 fully saturated rings. The average Bonchev–Trinajstić information content (AvgIpc) is 2.74. The second-order valence-corrected chi connectivity index (χ2v) is 5.25. The average molecular weight is 269 g/mol. The summed E-state index contributed by atoms with van der Waals surface area (Å²) in [4.78, 5) is 16.1. The molecule has 19 heavy (non-hydrogen) atoms. The van der Waals surface area contributed by atoms with Crippen LogP contribution in [0.4, 0.5) is 0 Å². The maximum atomic E-state index is 11.3. The number of ether oxygens (including phenoxy) is 1. The maximum Gasteiger partial charge on any atom is 0.354 e. The zero-order valence-corrected chi connectivity index (χ0v) is 12.0. The topological polar surface area (TPSA) is 77.6 Å². The highest BCUT2D eigenvalue weighted by Crippen LogP contribution is 2.06. The Morgan fingerprint density at radius 2 is 2.26 bits per heavy atom. The number of aromatic nitrogens is 1. The highest BCUT2D eigenvalue weighted by molar-refractivity contribution is 5.87. The summed E-state index contributed by atoms with van der Waals surface area (Å²) in [6.45, 7) is 3.43. The van der Waals surface area contributed by atoms with Crippen molar-refractivity contribution in [2.24, 2.45) is 0 Å². The lowest BCUT2D eigenvalue weighted by Crippen LogP contribution is -2.45. The van der Waals surface area contributed by atoms with Crippen LogP contribution in [0.5, 0.6) is 0 Å². The lowest BCUT2D eigenvalue weighted by molar-refractivity contribution is 0.0336. The van der Waals surface area contributed by atoms with Crippen LogP contribution in [0, 0.1) is 0 Å². The van der Waals surface area contributed by atoms with Gasteiger partial charge in [-0.25, -0.2) is 4.79 Å². The molecule has 0 aromatic carbocycles. The number of H-pyrrole nitrogens is 1. The van der Waals surface area contributed by atoms with E-state index in [0.717, 1.165) is 5.56 Å². The van der Waals surface area contributed by atoms with Crippen LogP contribution in [-0.2, 0) is 11.3 Å². The first-order valence-electron chi connectivity index (χ1n) is 6.17. The molecule has 1 unspecified atom stereocenters. The summed E-state index contributed by atoms with van der Waals surface area (Å²) < 4.78 is 4.62. The van der Waals surface area contributed by atoms with Crippen molar-refractivity contribution < 1.29 is 14.6 Å². The molecule has 0 aliphatic carbocycles. The molecule has 3 N–H and O–H groups in total. The van der Waals surface area contributed by atoms with Gasteiger partial charge in [-0.15, -0.1) is 0 Å². The van der Waals surface area contributed by atoms with Crippen molar-refractivity contribution in [2.45, 2.75) is 19.1 Å². The molecule has 6 heteroatoms. The first-order valence-corrected chi connectivity index (χ1v) is 6.17. The molecule has 0 radical (unpaired) electrons. The molecule has 0 saturated carbocycles. The molecule has 0 amide bonds. The van der Waals surface area contributed by atoms with Gasteiger partial charge in [-0.1, -0.05) is 0 Å². The Labute approximate surface area is 113 Å². The number of aromatic amines is 1. The molecule has 0 spiro atoms. The summed E-state index contributed by atoms with van der Waals surface area (Å²) in [5.74, 6) is -0.383. The number of nitrogens with zero attached hydrogens (tertiary/aromatic N) is 1. The second-order valence-electron chi connectivity index (χ2n) is 5.25. The number of hydrogen-bond acceptors (Lipinski definition) is 5. The Morgan fingerprint density at radius 1 is 1.58 bits per heavy atom. The van der Waals surface area contributed by atoms with E-state index in [9.17, 15) is 9.90 Å². The van der Waals surface area contributed by atoms with Crippen molar-refractivity contribution in [1.29, 1.82) is 0 Å². The highest BCUT2D eigenvalue weighted by atomic mass is 16.5. The number of esters is 1. The largest absolute Gasteiger partial charge is 0.464 e. The molecule has 1 rings (SSSR count). The van der Waals surface area contributed by atoms with Crippen LogP contribution in [-0.4, -0.2) is 60.9 Å². The number of nitrogens with one attached hydrogen (secondary N) is 2. The van der Waals surface area contributed by atoms with Gasteiger partial charge in [0.2, 0.25) is 0 Å². The molecule has 1 atom stereocenters. The minimum atomic E-state index is -0.787. The molecule has 0 saturated heterocycles. The third-order valence-corrected chi connectivity index (χ3v) is 2.64. The molecule has 1 heterocycles. The third-order valence-electron chi connectivity index (χ3n) is 2.64. The summed E-state index contributed by atoms with van der Waals surface area (Å²) in [5, 5.41) is 13.3. The first-order chi connectivity index (χ1) is 8.84. The van der Waals surface area contributed by atoms with E-state index in [-0.39, 0.29) is 5.97 Å². The third kappa shape index (κ3) is 5.42. The van der Waals surface area contributed by atoms with E-state index >= 15 is 0 Å². The van der Waals surface area contributed by atoms with E-state index in [1.165, 1.54) is 7.11 Å². The van der Waals surface area contributed by atoms with Crippen molar-refractivity contribution in [1.82, 2.24) is 15.2 Å². The number of carbonyl (C=O) groups is 1. The molecular weight excluding hydrogens is 246 g/mol.